The Morgan fingerprint density at radius 1 is 1.38 bits per heavy atom. The molecule has 4 N–H and O–H groups in total. The van der Waals surface area contributed by atoms with Gasteiger partial charge in [0.05, 0.1) is 0 Å². The van der Waals surface area contributed by atoms with Crippen LogP contribution in [0.25, 0.3) is 0 Å². The van der Waals surface area contributed by atoms with E-state index in [0.29, 0.717) is 30.8 Å². The van der Waals surface area contributed by atoms with Gasteiger partial charge in [0.25, 0.3) is 5.91 Å². The molecule has 0 radical (unpaired) electrons. The van der Waals surface area contributed by atoms with Crippen molar-refractivity contribution in [3.63, 3.8) is 0 Å². The molecule has 0 bridgehead atoms. The monoisotopic (exact) mass is 295 g/mol. The third kappa shape index (κ3) is 5.31. The van der Waals surface area contributed by atoms with Crippen molar-refractivity contribution in [2.75, 3.05) is 26.3 Å². The fourth-order valence-electron chi connectivity index (χ4n) is 1.74. The second-order valence-electron chi connectivity index (χ2n) is 4.35. The number of amides is 1. The second kappa shape index (κ2) is 8.80. The van der Waals surface area contributed by atoms with Gasteiger partial charge in [-0.05, 0) is 37.6 Å². The van der Waals surface area contributed by atoms with Crippen LogP contribution in [-0.2, 0) is 4.79 Å². The topological polar surface area (TPSA) is 108 Å². The Hall–Kier alpha value is -2.28. The number of likely N-dealkylation sites (N-methyl/N-ethyl adjacent to an activating group) is 1. The molecule has 0 aliphatic heterocycles. The summed E-state index contributed by atoms with van der Waals surface area (Å²) in [6, 6.07) is 6.56. The molecule has 0 spiro atoms. The molecule has 0 heterocycles. The standard InChI is InChI=1S/C14H21N3O4/c1-2-17(8-3-9-18)13(19)10-21-12-6-4-11(5-7-12)14(15)16-20/h4-7,18,20H,2-3,8-10H2,1H3,(H2,15,16). The van der Waals surface area contributed by atoms with Crippen LogP contribution < -0.4 is 10.5 Å². The molecule has 1 aromatic carbocycles. The summed E-state index contributed by atoms with van der Waals surface area (Å²) in [5.74, 6) is 0.404. The Balaban J connectivity index is 2.52. The van der Waals surface area contributed by atoms with E-state index in [1.807, 2.05) is 6.92 Å². The van der Waals surface area contributed by atoms with Gasteiger partial charge in [0.15, 0.2) is 12.4 Å². The third-order valence-corrected chi connectivity index (χ3v) is 2.94. The van der Waals surface area contributed by atoms with Gasteiger partial charge in [-0.3, -0.25) is 4.79 Å². The minimum absolute atomic E-state index is 0.0128. The summed E-state index contributed by atoms with van der Waals surface area (Å²) < 4.78 is 5.40. The zero-order chi connectivity index (χ0) is 15.7. The smallest absolute Gasteiger partial charge is 0.260 e. The lowest BCUT2D eigenvalue weighted by atomic mass is 10.2. The number of carbonyl (C=O) groups excluding carboxylic acids is 1. The first kappa shape index (κ1) is 16.8. The van der Waals surface area contributed by atoms with Crippen molar-refractivity contribution in [3.8, 4) is 5.75 Å². The van der Waals surface area contributed by atoms with E-state index in [1.165, 1.54) is 0 Å². The van der Waals surface area contributed by atoms with Gasteiger partial charge in [-0.2, -0.15) is 0 Å². The maximum Gasteiger partial charge on any atom is 0.260 e. The van der Waals surface area contributed by atoms with Crippen LogP contribution in [0.2, 0.25) is 0 Å². The van der Waals surface area contributed by atoms with E-state index >= 15 is 0 Å². The maximum atomic E-state index is 11.9. The number of aliphatic hydroxyl groups is 1. The number of carbonyl (C=O) groups is 1. The number of hydrogen-bond acceptors (Lipinski definition) is 5. The number of nitrogens with two attached hydrogens (primary N) is 1. The molecule has 21 heavy (non-hydrogen) atoms. The summed E-state index contributed by atoms with van der Waals surface area (Å²) in [5.41, 5.74) is 6.01. The lowest BCUT2D eigenvalue weighted by Gasteiger charge is -2.20. The first-order valence-electron chi connectivity index (χ1n) is 6.71. The highest BCUT2D eigenvalue weighted by Crippen LogP contribution is 2.12. The minimum atomic E-state index is -0.133. The molecule has 0 atom stereocenters. The lowest BCUT2D eigenvalue weighted by molar-refractivity contribution is -0.133. The van der Waals surface area contributed by atoms with Crippen molar-refractivity contribution in [1.29, 1.82) is 0 Å². The molecule has 0 saturated heterocycles. The number of hydrogen-bond donors (Lipinski definition) is 3. The summed E-state index contributed by atoms with van der Waals surface area (Å²) in [6.45, 7) is 2.95. The Labute approximate surface area is 123 Å². The van der Waals surface area contributed by atoms with Gasteiger partial charge in [-0.1, -0.05) is 5.16 Å². The first-order chi connectivity index (χ1) is 10.1. The van der Waals surface area contributed by atoms with Gasteiger partial charge >= 0.3 is 0 Å². The van der Waals surface area contributed by atoms with Crippen LogP contribution in [0.3, 0.4) is 0 Å². The normalized spacial score (nSPS) is 11.2. The molecule has 1 aromatic rings. The van der Waals surface area contributed by atoms with Crippen molar-refractivity contribution >= 4 is 11.7 Å². The van der Waals surface area contributed by atoms with Crippen molar-refractivity contribution in [2.45, 2.75) is 13.3 Å². The van der Waals surface area contributed by atoms with Gasteiger partial charge in [0, 0.05) is 25.3 Å². The van der Waals surface area contributed by atoms with Crippen LogP contribution >= 0.6 is 0 Å². The van der Waals surface area contributed by atoms with Crippen LogP contribution in [0.5, 0.6) is 5.75 Å². The fourth-order valence-corrected chi connectivity index (χ4v) is 1.74. The van der Waals surface area contributed by atoms with Crippen molar-refractivity contribution < 1.29 is 19.8 Å². The van der Waals surface area contributed by atoms with Crippen LogP contribution in [0, 0.1) is 0 Å². The molecule has 0 aliphatic rings. The van der Waals surface area contributed by atoms with E-state index < -0.39 is 0 Å². The number of rotatable bonds is 8. The van der Waals surface area contributed by atoms with Gasteiger partial charge in [0.1, 0.15) is 5.75 Å². The second-order valence-corrected chi connectivity index (χ2v) is 4.35. The van der Waals surface area contributed by atoms with Crippen LogP contribution in [-0.4, -0.2) is 53.3 Å². The summed E-state index contributed by atoms with van der Waals surface area (Å²) in [4.78, 5) is 13.5. The summed E-state index contributed by atoms with van der Waals surface area (Å²) in [6.07, 6.45) is 0.550. The molecule has 116 valence electrons. The molecular formula is C14H21N3O4. The zero-order valence-corrected chi connectivity index (χ0v) is 12.0. The molecule has 1 rings (SSSR count). The number of nitrogens with zero attached hydrogens (tertiary/aromatic N) is 2. The number of benzene rings is 1. The van der Waals surface area contributed by atoms with E-state index in [1.54, 1.807) is 29.2 Å². The van der Waals surface area contributed by atoms with Gasteiger partial charge in [0.2, 0.25) is 0 Å². The molecule has 0 aliphatic carbocycles. The summed E-state index contributed by atoms with van der Waals surface area (Å²) >= 11 is 0. The van der Waals surface area contributed by atoms with Crippen molar-refractivity contribution in [3.05, 3.63) is 29.8 Å². The van der Waals surface area contributed by atoms with Crippen LogP contribution in [0.15, 0.2) is 29.4 Å². The minimum Gasteiger partial charge on any atom is -0.484 e. The highest BCUT2D eigenvalue weighted by molar-refractivity contribution is 5.97. The molecule has 7 heteroatoms. The predicted molar refractivity (Wildman–Crippen MR) is 78.4 cm³/mol. The number of ether oxygens (including phenoxy) is 1. The van der Waals surface area contributed by atoms with E-state index in [-0.39, 0.29) is 25.0 Å². The molecule has 7 nitrogen and oxygen atoms in total. The van der Waals surface area contributed by atoms with Gasteiger partial charge in [-0.25, -0.2) is 0 Å². The largest absolute Gasteiger partial charge is 0.484 e. The molecule has 0 aromatic heterocycles. The third-order valence-electron chi connectivity index (χ3n) is 2.94. The highest BCUT2D eigenvalue weighted by Gasteiger charge is 2.11. The fraction of sp³-hybridized carbons (Fsp3) is 0.429. The average molecular weight is 295 g/mol. The molecular weight excluding hydrogens is 274 g/mol. The van der Waals surface area contributed by atoms with Crippen molar-refractivity contribution in [2.24, 2.45) is 10.9 Å². The first-order valence-corrected chi connectivity index (χ1v) is 6.71. The Kier molecular flexibility index (Phi) is 7.03. The Morgan fingerprint density at radius 3 is 2.57 bits per heavy atom. The zero-order valence-electron chi connectivity index (χ0n) is 12.0. The highest BCUT2D eigenvalue weighted by atomic mass is 16.5. The molecule has 0 fully saturated rings. The SMILES string of the molecule is CCN(CCCO)C(=O)COc1ccc(/C(N)=N/O)cc1. The van der Waals surface area contributed by atoms with E-state index in [4.69, 9.17) is 20.8 Å². The number of oxime groups is 1. The molecule has 0 unspecified atom stereocenters. The number of amidine groups is 1. The maximum absolute atomic E-state index is 11.9. The Bertz CT molecular complexity index is 474. The Morgan fingerprint density at radius 2 is 2.05 bits per heavy atom. The average Bonchev–Trinajstić information content (AvgIpc) is 2.53. The van der Waals surface area contributed by atoms with Crippen LogP contribution in [0.1, 0.15) is 18.9 Å². The summed E-state index contributed by atoms with van der Waals surface area (Å²) in [7, 11) is 0. The van der Waals surface area contributed by atoms with E-state index in [0.717, 1.165) is 0 Å². The lowest BCUT2D eigenvalue weighted by Crippen LogP contribution is -2.35. The molecule has 1 amide bonds. The quantitative estimate of drug-likeness (QED) is 0.278. The van der Waals surface area contributed by atoms with E-state index in [9.17, 15) is 4.79 Å². The predicted octanol–water partition coefficient (Wildman–Crippen LogP) is 0.391. The van der Waals surface area contributed by atoms with Gasteiger partial charge in [-0.15, -0.1) is 0 Å². The number of aliphatic hydroxyl groups excluding tert-OH is 1. The van der Waals surface area contributed by atoms with Gasteiger partial charge < -0.3 is 25.7 Å². The summed E-state index contributed by atoms with van der Waals surface area (Å²) in [5, 5.41) is 20.2. The van der Waals surface area contributed by atoms with Crippen LogP contribution in [0.4, 0.5) is 0 Å². The molecule has 0 saturated carbocycles. The van der Waals surface area contributed by atoms with E-state index in [2.05, 4.69) is 5.16 Å². The van der Waals surface area contributed by atoms with Crippen molar-refractivity contribution in [1.82, 2.24) is 4.90 Å².